The highest BCUT2D eigenvalue weighted by atomic mass is 15.4. The highest BCUT2D eigenvalue weighted by Crippen LogP contribution is 1.99. The second-order valence-corrected chi connectivity index (χ2v) is 3.00. The summed E-state index contributed by atoms with van der Waals surface area (Å²) in [6, 6.07) is 0. The summed E-state index contributed by atoms with van der Waals surface area (Å²) in [5.74, 6) is 0. The van der Waals surface area contributed by atoms with Crippen LogP contribution >= 0.6 is 0 Å². The summed E-state index contributed by atoms with van der Waals surface area (Å²) in [4.78, 5) is 2.25. The SMILES string of the molecule is C=CCN(CC)Cc1cn(C)nn1. The van der Waals surface area contributed by atoms with Gasteiger partial charge in [0.15, 0.2) is 0 Å². The lowest BCUT2D eigenvalue weighted by Crippen LogP contribution is -2.22. The van der Waals surface area contributed by atoms with E-state index in [-0.39, 0.29) is 0 Å². The van der Waals surface area contributed by atoms with Gasteiger partial charge in [-0.2, -0.15) is 0 Å². The van der Waals surface area contributed by atoms with Crippen molar-refractivity contribution in [1.29, 1.82) is 0 Å². The van der Waals surface area contributed by atoms with Gasteiger partial charge in [0.25, 0.3) is 0 Å². The fourth-order valence-corrected chi connectivity index (χ4v) is 1.18. The monoisotopic (exact) mass is 180 g/mol. The van der Waals surface area contributed by atoms with E-state index < -0.39 is 0 Å². The number of hydrogen-bond donors (Lipinski definition) is 0. The third-order valence-corrected chi connectivity index (χ3v) is 1.87. The highest BCUT2D eigenvalue weighted by molar-refractivity contribution is 4.92. The van der Waals surface area contributed by atoms with Crippen LogP contribution in [0.4, 0.5) is 0 Å². The van der Waals surface area contributed by atoms with Crippen molar-refractivity contribution in [3.8, 4) is 0 Å². The summed E-state index contributed by atoms with van der Waals surface area (Å²) in [5, 5.41) is 7.90. The molecular weight excluding hydrogens is 164 g/mol. The Labute approximate surface area is 78.9 Å². The molecule has 0 spiro atoms. The molecule has 1 heterocycles. The third-order valence-electron chi connectivity index (χ3n) is 1.87. The third kappa shape index (κ3) is 2.99. The van der Waals surface area contributed by atoms with E-state index in [1.54, 1.807) is 4.68 Å². The Morgan fingerprint density at radius 1 is 1.69 bits per heavy atom. The minimum atomic E-state index is 0.844. The topological polar surface area (TPSA) is 34.0 Å². The molecular formula is C9H16N4. The van der Waals surface area contributed by atoms with Gasteiger partial charge in [-0.1, -0.05) is 18.2 Å². The maximum absolute atomic E-state index is 4.02. The van der Waals surface area contributed by atoms with Crippen molar-refractivity contribution in [3.05, 3.63) is 24.5 Å². The smallest absolute Gasteiger partial charge is 0.0967 e. The van der Waals surface area contributed by atoms with E-state index in [1.807, 2.05) is 19.3 Å². The number of likely N-dealkylation sites (N-methyl/N-ethyl adjacent to an activating group) is 1. The fraction of sp³-hybridized carbons (Fsp3) is 0.556. The highest BCUT2D eigenvalue weighted by Gasteiger charge is 2.03. The summed E-state index contributed by atoms with van der Waals surface area (Å²) in [7, 11) is 1.88. The predicted molar refractivity (Wildman–Crippen MR) is 52.2 cm³/mol. The van der Waals surface area contributed by atoms with E-state index in [9.17, 15) is 0 Å². The molecule has 4 heteroatoms. The fourth-order valence-electron chi connectivity index (χ4n) is 1.18. The Hall–Kier alpha value is -1.16. The molecule has 0 atom stereocenters. The van der Waals surface area contributed by atoms with Crippen molar-refractivity contribution in [1.82, 2.24) is 19.9 Å². The number of rotatable bonds is 5. The molecule has 0 aliphatic rings. The van der Waals surface area contributed by atoms with Gasteiger partial charge < -0.3 is 0 Å². The molecule has 72 valence electrons. The van der Waals surface area contributed by atoms with E-state index in [0.717, 1.165) is 25.3 Å². The van der Waals surface area contributed by atoms with Crippen LogP contribution in [0, 0.1) is 0 Å². The summed E-state index contributed by atoms with van der Waals surface area (Å²) in [6.45, 7) is 8.58. The lowest BCUT2D eigenvalue weighted by atomic mass is 10.4. The molecule has 0 radical (unpaired) electrons. The van der Waals surface area contributed by atoms with Crippen molar-refractivity contribution >= 4 is 0 Å². The number of hydrogen-bond acceptors (Lipinski definition) is 3. The Kier molecular flexibility index (Phi) is 3.64. The van der Waals surface area contributed by atoms with E-state index in [0.29, 0.717) is 0 Å². The van der Waals surface area contributed by atoms with Crippen LogP contribution in [-0.4, -0.2) is 33.0 Å². The van der Waals surface area contributed by atoms with Crippen LogP contribution < -0.4 is 0 Å². The molecule has 0 saturated carbocycles. The first-order valence-corrected chi connectivity index (χ1v) is 4.44. The molecule has 1 aromatic rings. The predicted octanol–water partition coefficient (Wildman–Crippen LogP) is 0.823. The lowest BCUT2D eigenvalue weighted by Gasteiger charge is -2.15. The number of nitrogens with zero attached hydrogens (tertiary/aromatic N) is 4. The Balaban J connectivity index is 2.50. The van der Waals surface area contributed by atoms with Crippen LogP contribution in [0.25, 0.3) is 0 Å². The molecule has 1 aromatic heterocycles. The first-order valence-electron chi connectivity index (χ1n) is 4.44. The standard InChI is InChI=1S/C9H16N4/c1-4-6-13(5-2)8-9-7-12(3)11-10-9/h4,7H,1,5-6,8H2,2-3H3. The number of aromatic nitrogens is 3. The summed E-state index contributed by atoms with van der Waals surface area (Å²) < 4.78 is 1.72. The van der Waals surface area contributed by atoms with Gasteiger partial charge >= 0.3 is 0 Å². The van der Waals surface area contributed by atoms with Crippen molar-refractivity contribution in [2.45, 2.75) is 13.5 Å². The average Bonchev–Trinajstić information content (AvgIpc) is 2.50. The van der Waals surface area contributed by atoms with Gasteiger partial charge in [-0.05, 0) is 6.54 Å². The molecule has 0 unspecified atom stereocenters. The van der Waals surface area contributed by atoms with Gasteiger partial charge in [-0.15, -0.1) is 11.7 Å². The summed E-state index contributed by atoms with van der Waals surface area (Å²) in [6.07, 6.45) is 3.84. The molecule has 0 bridgehead atoms. The van der Waals surface area contributed by atoms with Crippen molar-refractivity contribution < 1.29 is 0 Å². The Morgan fingerprint density at radius 3 is 2.92 bits per heavy atom. The first kappa shape index (κ1) is 9.92. The molecule has 0 aliphatic heterocycles. The maximum Gasteiger partial charge on any atom is 0.0967 e. The first-order chi connectivity index (χ1) is 6.26. The lowest BCUT2D eigenvalue weighted by molar-refractivity contribution is 0.307. The van der Waals surface area contributed by atoms with Crippen LogP contribution in [0.3, 0.4) is 0 Å². The summed E-state index contributed by atoms with van der Waals surface area (Å²) in [5.41, 5.74) is 1.01. The van der Waals surface area contributed by atoms with Crippen LogP contribution in [-0.2, 0) is 13.6 Å². The van der Waals surface area contributed by atoms with Crippen LogP contribution in [0.15, 0.2) is 18.9 Å². The van der Waals surface area contributed by atoms with Gasteiger partial charge in [0.05, 0.1) is 5.69 Å². The van der Waals surface area contributed by atoms with Gasteiger partial charge in [0.2, 0.25) is 0 Å². The molecule has 0 aliphatic carbocycles. The van der Waals surface area contributed by atoms with E-state index >= 15 is 0 Å². The quantitative estimate of drug-likeness (QED) is 0.629. The molecule has 0 fully saturated rings. The zero-order chi connectivity index (χ0) is 9.68. The normalized spacial score (nSPS) is 10.7. The molecule has 4 nitrogen and oxygen atoms in total. The average molecular weight is 180 g/mol. The second-order valence-electron chi connectivity index (χ2n) is 3.00. The zero-order valence-corrected chi connectivity index (χ0v) is 8.27. The van der Waals surface area contributed by atoms with Crippen LogP contribution in [0.5, 0.6) is 0 Å². The Morgan fingerprint density at radius 2 is 2.46 bits per heavy atom. The molecule has 13 heavy (non-hydrogen) atoms. The zero-order valence-electron chi connectivity index (χ0n) is 8.27. The summed E-state index contributed by atoms with van der Waals surface area (Å²) >= 11 is 0. The second kappa shape index (κ2) is 4.77. The van der Waals surface area contributed by atoms with E-state index in [2.05, 4.69) is 28.7 Å². The van der Waals surface area contributed by atoms with Crippen LogP contribution in [0.1, 0.15) is 12.6 Å². The van der Waals surface area contributed by atoms with Crippen molar-refractivity contribution in [2.75, 3.05) is 13.1 Å². The van der Waals surface area contributed by atoms with E-state index in [1.165, 1.54) is 0 Å². The van der Waals surface area contributed by atoms with Gasteiger partial charge in [-0.25, -0.2) is 0 Å². The maximum atomic E-state index is 4.02. The van der Waals surface area contributed by atoms with Gasteiger partial charge in [0, 0.05) is 26.3 Å². The number of aryl methyl sites for hydroxylation is 1. The minimum absolute atomic E-state index is 0.844. The molecule has 0 aromatic carbocycles. The van der Waals surface area contributed by atoms with Gasteiger partial charge in [0.1, 0.15) is 0 Å². The van der Waals surface area contributed by atoms with E-state index in [4.69, 9.17) is 0 Å². The molecule has 0 saturated heterocycles. The largest absolute Gasteiger partial charge is 0.294 e. The van der Waals surface area contributed by atoms with Crippen molar-refractivity contribution in [2.24, 2.45) is 7.05 Å². The molecule has 1 rings (SSSR count). The molecule has 0 N–H and O–H groups in total. The van der Waals surface area contributed by atoms with Crippen molar-refractivity contribution in [3.63, 3.8) is 0 Å². The van der Waals surface area contributed by atoms with Gasteiger partial charge in [-0.3, -0.25) is 9.58 Å². The van der Waals surface area contributed by atoms with Crippen LogP contribution in [0.2, 0.25) is 0 Å². The Bertz CT molecular complexity index is 266. The minimum Gasteiger partial charge on any atom is -0.294 e. The molecule has 0 amide bonds.